The minimum atomic E-state index is -0.375. The fraction of sp³-hybridized carbons (Fsp3) is 0.118. The van der Waals surface area contributed by atoms with Gasteiger partial charge in [0.25, 0.3) is 5.84 Å². The highest BCUT2D eigenvalue weighted by atomic mass is 127. The number of rotatable bonds is 9. The van der Waals surface area contributed by atoms with Gasteiger partial charge in [0.15, 0.2) is 0 Å². The third kappa shape index (κ3) is 8.47. The van der Waals surface area contributed by atoms with Gasteiger partial charge in [-0.1, -0.05) is 99.7 Å². The number of hydrazone groups is 1. The average molecular weight is 671 g/mol. The number of halogens is 1. The van der Waals surface area contributed by atoms with Crippen molar-refractivity contribution < 1.29 is 4.99 Å². The second-order valence-corrected chi connectivity index (χ2v) is 12.7. The zero-order chi connectivity index (χ0) is 29.9. The zero-order valence-corrected chi connectivity index (χ0v) is 26.0. The highest BCUT2D eigenvalue weighted by Gasteiger charge is 2.11. The Bertz CT molecular complexity index is 1550. The molecular weight excluding hydrogens is 633 g/mol. The molecule has 0 saturated heterocycles. The first kappa shape index (κ1) is 30.4. The van der Waals surface area contributed by atoms with Gasteiger partial charge in [0.1, 0.15) is 11.7 Å². The van der Waals surface area contributed by atoms with Gasteiger partial charge in [-0.3, -0.25) is 15.7 Å². The van der Waals surface area contributed by atoms with E-state index in [2.05, 4.69) is 94.1 Å². The fourth-order valence-electron chi connectivity index (χ4n) is 4.24. The predicted octanol–water partition coefficient (Wildman–Crippen LogP) is 3.42. The summed E-state index contributed by atoms with van der Waals surface area (Å²) >= 11 is -0.375. The summed E-state index contributed by atoms with van der Waals surface area (Å²) in [6, 6.07) is 16.1. The van der Waals surface area contributed by atoms with Gasteiger partial charge in [0.05, 0.1) is 12.6 Å². The van der Waals surface area contributed by atoms with E-state index in [1.54, 1.807) is 7.05 Å². The number of nitrogens with zero attached hydrogens (tertiary/aromatic N) is 2. The fourth-order valence-corrected chi connectivity index (χ4v) is 6.71. The zero-order valence-electron chi connectivity index (χ0n) is 23.8. The Balaban J connectivity index is 1.57. The van der Waals surface area contributed by atoms with Crippen molar-refractivity contribution >= 4 is 53.9 Å². The van der Waals surface area contributed by atoms with E-state index in [-0.39, 0.29) is 26.6 Å². The molecule has 0 aromatic heterocycles. The van der Waals surface area contributed by atoms with Crippen molar-refractivity contribution in [2.24, 2.45) is 39.1 Å². The normalized spacial score (nSPS) is 18.6. The number of hydrogen-bond donors (Lipinski definition) is 5. The number of nitrogen functional groups attached to an aromatic ring is 1. The molecule has 9 N–H and O–H groups in total. The molecule has 2 aromatic rings. The Morgan fingerprint density at radius 3 is 2.07 bits per heavy atom. The first-order valence-corrected chi connectivity index (χ1v) is 15.7. The lowest BCUT2D eigenvalue weighted by atomic mass is 9.95. The summed E-state index contributed by atoms with van der Waals surface area (Å²) in [6.45, 7) is 0. The summed E-state index contributed by atoms with van der Waals surface area (Å²) in [4.78, 5) is 7.11. The topological polar surface area (TPSA) is 143 Å². The molecule has 4 rings (SSSR count). The lowest BCUT2D eigenvalue weighted by Crippen LogP contribution is -2.70. The number of nitrogens with two attached hydrogens (primary N) is 4. The Hall–Kier alpha value is -4.57. The van der Waals surface area contributed by atoms with Gasteiger partial charge in [0, 0.05) is 25.6 Å². The smallest absolute Gasteiger partial charge is 0.272 e. The van der Waals surface area contributed by atoms with Crippen LogP contribution in [0.4, 0.5) is 0 Å². The molecule has 1 aliphatic heterocycles. The van der Waals surface area contributed by atoms with Gasteiger partial charge >= 0.3 is 0 Å². The second kappa shape index (κ2) is 14.9. The highest BCUT2D eigenvalue weighted by Crippen LogP contribution is 2.28. The lowest BCUT2D eigenvalue weighted by Gasteiger charge is -2.14. The highest BCUT2D eigenvalue weighted by molar-refractivity contribution is 14.2. The van der Waals surface area contributed by atoms with Crippen LogP contribution in [0.15, 0.2) is 128 Å². The first-order valence-electron chi connectivity index (χ1n) is 13.5. The molecule has 1 atom stereocenters. The van der Waals surface area contributed by atoms with E-state index in [1.807, 2.05) is 43.4 Å². The van der Waals surface area contributed by atoms with Crippen LogP contribution in [0.1, 0.15) is 28.7 Å². The van der Waals surface area contributed by atoms with E-state index in [9.17, 15) is 0 Å². The maximum absolute atomic E-state index is 6.01. The lowest BCUT2D eigenvalue weighted by molar-refractivity contribution is -0.420. The molecule has 0 spiro atoms. The van der Waals surface area contributed by atoms with Crippen LogP contribution in [0.25, 0.3) is 12.2 Å². The summed E-state index contributed by atoms with van der Waals surface area (Å²) < 4.78 is 2.64. The average Bonchev–Trinajstić information content (AvgIpc) is 3.05. The Labute approximate surface area is 257 Å². The summed E-state index contributed by atoms with van der Waals surface area (Å²) in [5.41, 5.74) is 24.1. The molecule has 2 aromatic carbocycles. The molecule has 0 saturated carbocycles. The third-order valence-corrected chi connectivity index (χ3v) is 9.36. The molecule has 0 fully saturated rings. The maximum atomic E-state index is 6.01. The van der Waals surface area contributed by atoms with E-state index in [1.165, 1.54) is 7.09 Å². The van der Waals surface area contributed by atoms with Crippen LogP contribution in [0.5, 0.6) is 0 Å². The maximum Gasteiger partial charge on any atom is 0.272 e. The van der Waals surface area contributed by atoms with Crippen molar-refractivity contribution in [2.45, 2.75) is 6.42 Å². The van der Waals surface area contributed by atoms with Crippen LogP contribution >= 0.6 is 20.7 Å². The van der Waals surface area contributed by atoms with Gasteiger partial charge in [-0.15, -0.1) is 0 Å². The second-order valence-electron chi connectivity index (χ2n) is 9.63. The molecule has 2 aliphatic rings. The predicted molar refractivity (Wildman–Crippen MR) is 188 cm³/mol. The molecule has 214 valence electrons. The van der Waals surface area contributed by atoms with Crippen molar-refractivity contribution in [1.82, 2.24) is 0 Å². The SMILES string of the molecule is CN=C(N)C1C=CC(C=CC2=CC(C=Cc3ccc(C(N)=[NH+]C)cc3)=IC(C=Cc3ccc(C(N)=NN)cc3)=C2)=CC1. The van der Waals surface area contributed by atoms with Crippen LogP contribution in [-0.2, 0) is 0 Å². The number of aliphatic imine (C=N–C) groups is 1. The minimum absolute atomic E-state index is 0.169. The Morgan fingerprint density at radius 1 is 0.833 bits per heavy atom. The molecule has 0 radical (unpaired) electrons. The van der Waals surface area contributed by atoms with E-state index < -0.39 is 0 Å². The van der Waals surface area contributed by atoms with E-state index in [0.717, 1.165) is 39.8 Å². The Morgan fingerprint density at radius 2 is 1.48 bits per heavy atom. The molecule has 7 nitrogen and oxygen atoms in total. The van der Waals surface area contributed by atoms with Crippen LogP contribution < -0.4 is 28.0 Å². The number of hydrogen-bond acceptors (Lipinski definition) is 3. The van der Waals surface area contributed by atoms with E-state index in [4.69, 9.17) is 23.0 Å². The number of amidine groups is 3. The van der Waals surface area contributed by atoms with Crippen molar-refractivity contribution in [3.8, 4) is 0 Å². The van der Waals surface area contributed by atoms with E-state index in [0.29, 0.717) is 17.5 Å². The monoisotopic (exact) mass is 670 g/mol. The Kier molecular flexibility index (Phi) is 10.8. The molecule has 0 bridgehead atoms. The summed E-state index contributed by atoms with van der Waals surface area (Å²) in [5.74, 6) is 7.12. The summed E-state index contributed by atoms with van der Waals surface area (Å²) in [6.07, 6.45) is 24.9. The van der Waals surface area contributed by atoms with Gasteiger partial charge in [-0.2, -0.15) is 5.10 Å². The quantitative estimate of drug-likeness (QED) is 0.0917. The van der Waals surface area contributed by atoms with Crippen molar-refractivity contribution in [2.75, 3.05) is 14.1 Å². The standard InChI is InChI=1S/C34H36IN7/c1-40-32(36)27-13-5-23(6-14-27)3-4-26-21-30(19-11-24-7-15-28(16-8-24)33(37)41-2)35-31(22-26)20-12-25-9-17-29(18-10-25)34(38)42-39/h3-13,15-22,27H,14,39H2,1-2H3,(H2,36,40)(H2,37,41)(H2,38,42)/p+1. The number of nitrogens with one attached hydrogen (secondary N) is 1. The molecular formula is C34H37IN7+. The van der Waals surface area contributed by atoms with Gasteiger partial charge in [0.2, 0.25) is 0 Å². The number of benzene rings is 2. The van der Waals surface area contributed by atoms with Crippen LogP contribution in [0.3, 0.4) is 0 Å². The van der Waals surface area contributed by atoms with Gasteiger partial charge in [-0.05, 0) is 65.1 Å². The molecule has 8 heteroatoms. The summed E-state index contributed by atoms with van der Waals surface area (Å²) in [5, 5.41) is 3.57. The minimum Gasteiger partial charge on any atom is -0.387 e. The summed E-state index contributed by atoms with van der Waals surface area (Å²) in [7, 11) is 3.55. The molecule has 1 heterocycles. The van der Waals surface area contributed by atoms with Gasteiger partial charge in [-0.25, -0.2) is 0 Å². The molecule has 42 heavy (non-hydrogen) atoms. The van der Waals surface area contributed by atoms with Crippen molar-refractivity contribution in [3.05, 3.63) is 140 Å². The van der Waals surface area contributed by atoms with Crippen molar-refractivity contribution in [3.63, 3.8) is 0 Å². The largest absolute Gasteiger partial charge is 0.387 e. The molecule has 1 unspecified atom stereocenters. The van der Waals surface area contributed by atoms with Crippen LogP contribution in [-0.4, -0.2) is 35.1 Å². The molecule has 0 amide bonds. The van der Waals surface area contributed by atoms with E-state index >= 15 is 0 Å². The molecule has 1 aliphatic carbocycles. The van der Waals surface area contributed by atoms with Crippen LogP contribution in [0, 0.1) is 5.92 Å². The van der Waals surface area contributed by atoms with Crippen LogP contribution in [0.2, 0.25) is 0 Å². The van der Waals surface area contributed by atoms with Crippen molar-refractivity contribution in [1.29, 1.82) is 0 Å². The number of allylic oxidation sites excluding steroid dienone is 11. The van der Waals surface area contributed by atoms with Gasteiger partial charge < -0.3 is 17.3 Å². The third-order valence-electron chi connectivity index (χ3n) is 6.77. The first-order chi connectivity index (χ1) is 20.4.